The molecule has 2 rings (SSSR count). The Morgan fingerprint density at radius 2 is 1.95 bits per heavy atom. The van der Waals surface area contributed by atoms with Crippen molar-refractivity contribution in [1.29, 1.82) is 0 Å². The second kappa shape index (κ2) is 6.80. The average Bonchev–Trinajstić information content (AvgIpc) is 2.81. The minimum absolute atomic E-state index is 0.0897. The number of halogens is 1. The van der Waals surface area contributed by atoms with Gasteiger partial charge in [0, 0.05) is 23.5 Å². The van der Waals surface area contributed by atoms with E-state index in [1.165, 1.54) is 17.4 Å². The van der Waals surface area contributed by atoms with E-state index in [1.54, 1.807) is 23.1 Å². The van der Waals surface area contributed by atoms with Crippen molar-refractivity contribution in [3.63, 3.8) is 0 Å². The SMILES string of the molecule is CCN(CC)C(=O)Cc1sc(-c2ccccc2F)nc1C. The maximum absolute atomic E-state index is 13.8. The molecule has 3 nitrogen and oxygen atoms in total. The Labute approximate surface area is 128 Å². The highest BCUT2D eigenvalue weighted by Gasteiger charge is 2.17. The van der Waals surface area contributed by atoms with E-state index in [2.05, 4.69) is 4.98 Å². The lowest BCUT2D eigenvalue weighted by molar-refractivity contribution is -0.130. The Morgan fingerprint density at radius 1 is 1.29 bits per heavy atom. The standard InChI is InChI=1S/C16H19FN2OS/c1-4-19(5-2)15(20)10-14-11(3)18-16(21-14)12-8-6-7-9-13(12)17/h6-9H,4-5,10H2,1-3H3. The molecule has 0 saturated carbocycles. The highest BCUT2D eigenvalue weighted by molar-refractivity contribution is 7.15. The first-order valence-corrected chi connectivity index (χ1v) is 7.87. The number of hydrogen-bond donors (Lipinski definition) is 0. The molecule has 0 N–H and O–H groups in total. The van der Waals surface area contributed by atoms with Gasteiger partial charge in [0.1, 0.15) is 10.8 Å². The van der Waals surface area contributed by atoms with Gasteiger partial charge in [-0.2, -0.15) is 0 Å². The van der Waals surface area contributed by atoms with E-state index < -0.39 is 0 Å². The van der Waals surface area contributed by atoms with Gasteiger partial charge in [0.05, 0.1) is 12.1 Å². The first-order chi connectivity index (χ1) is 10.1. The number of hydrogen-bond acceptors (Lipinski definition) is 3. The summed E-state index contributed by atoms with van der Waals surface area (Å²) >= 11 is 1.39. The van der Waals surface area contributed by atoms with Crippen LogP contribution < -0.4 is 0 Å². The number of aromatic nitrogens is 1. The molecule has 0 radical (unpaired) electrons. The van der Waals surface area contributed by atoms with Gasteiger partial charge >= 0.3 is 0 Å². The molecule has 0 atom stereocenters. The van der Waals surface area contributed by atoms with Gasteiger partial charge in [-0.3, -0.25) is 4.79 Å². The number of rotatable bonds is 5. The van der Waals surface area contributed by atoms with Gasteiger partial charge in [-0.1, -0.05) is 12.1 Å². The smallest absolute Gasteiger partial charge is 0.227 e. The van der Waals surface area contributed by atoms with Crippen molar-refractivity contribution in [2.75, 3.05) is 13.1 Å². The van der Waals surface area contributed by atoms with Crippen LogP contribution in [0.25, 0.3) is 10.6 Å². The van der Waals surface area contributed by atoms with Crippen molar-refractivity contribution >= 4 is 17.2 Å². The molecular weight excluding hydrogens is 287 g/mol. The van der Waals surface area contributed by atoms with Gasteiger partial charge in [-0.15, -0.1) is 11.3 Å². The van der Waals surface area contributed by atoms with Crippen molar-refractivity contribution in [2.45, 2.75) is 27.2 Å². The van der Waals surface area contributed by atoms with Crippen molar-refractivity contribution < 1.29 is 9.18 Å². The predicted octanol–water partition coefficient (Wildman–Crippen LogP) is 3.67. The third kappa shape index (κ3) is 3.47. The van der Waals surface area contributed by atoms with E-state index in [0.717, 1.165) is 10.6 Å². The molecule has 5 heteroatoms. The van der Waals surface area contributed by atoms with Crippen LogP contribution in [-0.4, -0.2) is 28.9 Å². The molecule has 0 aliphatic heterocycles. The number of aryl methyl sites for hydroxylation is 1. The van der Waals surface area contributed by atoms with Crippen LogP contribution in [0.4, 0.5) is 4.39 Å². The molecule has 1 amide bonds. The Bertz CT molecular complexity index is 635. The summed E-state index contributed by atoms with van der Waals surface area (Å²) in [5, 5.41) is 0.632. The van der Waals surface area contributed by atoms with Crippen molar-refractivity contribution in [2.24, 2.45) is 0 Å². The fourth-order valence-corrected chi connectivity index (χ4v) is 3.25. The molecule has 0 saturated heterocycles. The highest BCUT2D eigenvalue weighted by Crippen LogP contribution is 2.30. The second-order valence-electron chi connectivity index (χ2n) is 4.75. The minimum Gasteiger partial charge on any atom is -0.343 e. The third-order valence-electron chi connectivity index (χ3n) is 3.42. The van der Waals surface area contributed by atoms with Crippen molar-refractivity contribution in [3.8, 4) is 10.6 Å². The van der Waals surface area contributed by atoms with Crippen molar-refractivity contribution in [3.05, 3.63) is 40.7 Å². The highest BCUT2D eigenvalue weighted by atomic mass is 32.1. The van der Waals surface area contributed by atoms with Crippen molar-refractivity contribution in [1.82, 2.24) is 9.88 Å². The largest absolute Gasteiger partial charge is 0.343 e. The lowest BCUT2D eigenvalue weighted by Crippen LogP contribution is -2.31. The number of carbonyl (C=O) groups is 1. The van der Waals surface area contributed by atoms with E-state index in [1.807, 2.05) is 20.8 Å². The number of likely N-dealkylation sites (N-methyl/N-ethyl adjacent to an activating group) is 1. The molecule has 0 unspecified atom stereocenters. The van der Waals surface area contributed by atoms with Crippen LogP contribution in [0.15, 0.2) is 24.3 Å². The number of nitrogens with zero attached hydrogens (tertiary/aromatic N) is 2. The fourth-order valence-electron chi connectivity index (χ4n) is 2.17. The molecule has 1 aromatic carbocycles. The van der Waals surface area contributed by atoms with Gasteiger partial charge in [0.2, 0.25) is 5.91 Å². The minimum atomic E-state index is -0.284. The summed E-state index contributed by atoms with van der Waals surface area (Å²) in [4.78, 5) is 19.3. The molecular formula is C16H19FN2OS. The normalized spacial score (nSPS) is 10.7. The van der Waals surface area contributed by atoms with Crippen LogP contribution >= 0.6 is 11.3 Å². The number of thiazole rings is 1. The topological polar surface area (TPSA) is 33.2 Å². The van der Waals surface area contributed by atoms with E-state index in [9.17, 15) is 9.18 Å². The summed E-state index contributed by atoms with van der Waals surface area (Å²) in [6.45, 7) is 7.20. The molecule has 0 aliphatic rings. The van der Waals surface area contributed by atoms with Gasteiger partial charge in [0.25, 0.3) is 0 Å². The summed E-state index contributed by atoms with van der Waals surface area (Å²) in [6.07, 6.45) is 0.333. The zero-order valence-electron chi connectivity index (χ0n) is 12.5. The molecule has 21 heavy (non-hydrogen) atoms. The fraction of sp³-hybridized carbons (Fsp3) is 0.375. The predicted molar refractivity (Wildman–Crippen MR) is 83.9 cm³/mol. The molecule has 0 spiro atoms. The summed E-state index contributed by atoms with van der Waals surface area (Å²) in [5.41, 5.74) is 1.30. The van der Waals surface area contributed by atoms with Crippen LogP contribution in [0.1, 0.15) is 24.4 Å². The van der Waals surface area contributed by atoms with Crippen LogP contribution in [0, 0.1) is 12.7 Å². The zero-order valence-corrected chi connectivity index (χ0v) is 13.3. The van der Waals surface area contributed by atoms with E-state index in [0.29, 0.717) is 30.1 Å². The summed E-state index contributed by atoms with van der Waals surface area (Å²) in [7, 11) is 0. The quantitative estimate of drug-likeness (QED) is 0.844. The Morgan fingerprint density at radius 3 is 2.57 bits per heavy atom. The maximum Gasteiger partial charge on any atom is 0.227 e. The van der Waals surface area contributed by atoms with Gasteiger partial charge in [-0.25, -0.2) is 9.37 Å². The molecule has 1 aromatic heterocycles. The summed E-state index contributed by atoms with van der Waals surface area (Å²) < 4.78 is 13.8. The maximum atomic E-state index is 13.8. The van der Waals surface area contributed by atoms with Crippen LogP contribution in [0.3, 0.4) is 0 Å². The number of carbonyl (C=O) groups excluding carboxylic acids is 1. The van der Waals surface area contributed by atoms with Crippen LogP contribution in [0.5, 0.6) is 0 Å². The third-order valence-corrected chi connectivity index (χ3v) is 4.62. The lowest BCUT2D eigenvalue weighted by Gasteiger charge is -2.18. The molecule has 2 aromatic rings. The van der Waals surface area contributed by atoms with E-state index >= 15 is 0 Å². The molecule has 0 fully saturated rings. The molecule has 112 valence electrons. The number of benzene rings is 1. The summed E-state index contributed by atoms with van der Waals surface area (Å²) in [5.74, 6) is -0.195. The first-order valence-electron chi connectivity index (χ1n) is 7.05. The monoisotopic (exact) mass is 306 g/mol. The Balaban J connectivity index is 2.24. The summed E-state index contributed by atoms with van der Waals surface area (Å²) in [6, 6.07) is 6.58. The average molecular weight is 306 g/mol. The molecule has 0 bridgehead atoms. The van der Waals surface area contributed by atoms with Crippen LogP contribution in [0.2, 0.25) is 0 Å². The van der Waals surface area contributed by atoms with E-state index in [4.69, 9.17) is 0 Å². The first kappa shape index (κ1) is 15.6. The van der Waals surface area contributed by atoms with Crippen LogP contribution in [-0.2, 0) is 11.2 Å². The lowest BCUT2D eigenvalue weighted by atomic mass is 10.2. The van der Waals surface area contributed by atoms with E-state index in [-0.39, 0.29) is 11.7 Å². The second-order valence-corrected chi connectivity index (χ2v) is 5.83. The molecule has 1 heterocycles. The zero-order chi connectivity index (χ0) is 15.4. The Kier molecular flexibility index (Phi) is 5.07. The van der Waals surface area contributed by atoms with Gasteiger partial charge < -0.3 is 4.90 Å². The van der Waals surface area contributed by atoms with Gasteiger partial charge in [0.15, 0.2) is 0 Å². The van der Waals surface area contributed by atoms with Gasteiger partial charge in [-0.05, 0) is 32.9 Å². The Hall–Kier alpha value is -1.75. The molecule has 0 aliphatic carbocycles. The number of amides is 1.